The number of anilines is 1. The fourth-order valence-electron chi connectivity index (χ4n) is 3.84. The minimum atomic E-state index is -4.85. The van der Waals surface area contributed by atoms with Crippen molar-refractivity contribution >= 4 is 23.1 Å². The van der Waals surface area contributed by atoms with Crippen molar-refractivity contribution in [2.24, 2.45) is 0 Å². The van der Waals surface area contributed by atoms with Crippen molar-refractivity contribution in [2.45, 2.75) is 25.6 Å². The van der Waals surface area contributed by atoms with Crippen LogP contribution in [-0.4, -0.2) is 36.2 Å². The van der Waals surface area contributed by atoms with Gasteiger partial charge in [0.25, 0.3) is 11.8 Å². The van der Waals surface area contributed by atoms with E-state index in [1.54, 1.807) is 0 Å². The molecule has 2 aliphatic heterocycles. The second-order valence-corrected chi connectivity index (χ2v) is 7.27. The number of piperidine rings is 1. The Bertz CT molecular complexity index is 1020. The molecular weight excluding hydrogens is 416 g/mol. The number of amides is 2. The molecule has 2 amide bonds. The number of benzene rings is 2. The molecule has 2 aromatic rings. The number of ether oxygens (including phenoxy) is 1. The van der Waals surface area contributed by atoms with Crippen LogP contribution in [0.2, 0.25) is 0 Å². The summed E-state index contributed by atoms with van der Waals surface area (Å²) >= 11 is 0. The van der Waals surface area contributed by atoms with Gasteiger partial charge in [-0.15, -0.1) is 13.2 Å². The van der Waals surface area contributed by atoms with Crippen molar-refractivity contribution in [3.8, 4) is 5.75 Å². The lowest BCUT2D eigenvalue weighted by molar-refractivity contribution is -0.274. The van der Waals surface area contributed by atoms with Gasteiger partial charge in [0.2, 0.25) is 0 Å². The van der Waals surface area contributed by atoms with Crippen LogP contribution in [0.5, 0.6) is 5.75 Å². The lowest BCUT2D eigenvalue weighted by Gasteiger charge is -2.29. The van der Waals surface area contributed by atoms with Gasteiger partial charge in [-0.1, -0.05) is 12.1 Å². The third kappa shape index (κ3) is 4.26. The highest BCUT2D eigenvalue weighted by molar-refractivity contribution is 6.45. The molecule has 0 radical (unpaired) electrons. The molecule has 0 unspecified atom stereocenters. The van der Waals surface area contributed by atoms with Crippen LogP contribution in [-0.2, 0) is 9.59 Å². The SMILES string of the molecule is O=C1C(c2ccc(F)cc2)=C(N2CCCCC2)C(=O)N1c1ccc(OC(F)(F)F)cc1. The fraction of sp³-hybridized carbons (Fsp3) is 0.273. The van der Waals surface area contributed by atoms with Crippen LogP contribution in [0.1, 0.15) is 24.8 Å². The summed E-state index contributed by atoms with van der Waals surface area (Å²) in [5.74, 6) is -2.10. The summed E-state index contributed by atoms with van der Waals surface area (Å²) in [6, 6.07) is 9.81. The van der Waals surface area contributed by atoms with Gasteiger partial charge < -0.3 is 9.64 Å². The highest BCUT2D eigenvalue weighted by Gasteiger charge is 2.42. The highest BCUT2D eigenvalue weighted by atomic mass is 19.4. The van der Waals surface area contributed by atoms with E-state index in [9.17, 15) is 27.2 Å². The minimum Gasteiger partial charge on any atom is -0.406 e. The molecule has 0 aromatic heterocycles. The number of halogens is 4. The first-order chi connectivity index (χ1) is 14.7. The first kappa shape index (κ1) is 20.9. The van der Waals surface area contributed by atoms with Crippen molar-refractivity contribution in [2.75, 3.05) is 18.0 Å². The van der Waals surface area contributed by atoms with E-state index in [1.807, 2.05) is 4.90 Å². The number of hydrogen-bond acceptors (Lipinski definition) is 4. The highest BCUT2D eigenvalue weighted by Crippen LogP contribution is 2.36. The molecule has 2 aliphatic rings. The van der Waals surface area contributed by atoms with E-state index < -0.39 is 29.7 Å². The lowest BCUT2D eigenvalue weighted by Crippen LogP contribution is -2.37. The van der Waals surface area contributed by atoms with Crippen LogP contribution in [0, 0.1) is 5.82 Å². The number of alkyl halides is 3. The molecule has 0 atom stereocenters. The van der Waals surface area contributed by atoms with Crippen molar-refractivity contribution in [3.05, 3.63) is 65.6 Å². The summed E-state index contributed by atoms with van der Waals surface area (Å²) in [6.45, 7) is 1.20. The van der Waals surface area contributed by atoms with E-state index in [-0.39, 0.29) is 17.0 Å². The molecule has 1 saturated heterocycles. The average Bonchev–Trinajstić information content (AvgIpc) is 2.99. The number of nitrogens with zero attached hydrogens (tertiary/aromatic N) is 2. The summed E-state index contributed by atoms with van der Waals surface area (Å²) in [5.41, 5.74) is 0.908. The topological polar surface area (TPSA) is 49.9 Å². The van der Waals surface area contributed by atoms with Crippen molar-refractivity contribution in [1.29, 1.82) is 0 Å². The predicted octanol–water partition coefficient (Wildman–Crippen LogP) is 4.49. The summed E-state index contributed by atoms with van der Waals surface area (Å²) < 4.78 is 54.5. The van der Waals surface area contributed by atoms with Gasteiger partial charge in [-0.05, 0) is 61.2 Å². The van der Waals surface area contributed by atoms with E-state index in [0.29, 0.717) is 18.7 Å². The molecule has 0 bridgehead atoms. The van der Waals surface area contributed by atoms with Gasteiger partial charge in [0.1, 0.15) is 17.3 Å². The lowest BCUT2D eigenvalue weighted by atomic mass is 10.0. The summed E-state index contributed by atoms with van der Waals surface area (Å²) in [4.78, 5) is 29.4. The van der Waals surface area contributed by atoms with Crippen LogP contribution < -0.4 is 9.64 Å². The van der Waals surface area contributed by atoms with Crippen molar-refractivity contribution < 1.29 is 31.9 Å². The minimum absolute atomic E-state index is 0.121. The maximum atomic E-state index is 13.4. The summed E-state index contributed by atoms with van der Waals surface area (Å²) in [7, 11) is 0. The molecule has 2 heterocycles. The van der Waals surface area contributed by atoms with E-state index >= 15 is 0 Å². The zero-order valence-electron chi connectivity index (χ0n) is 16.3. The second kappa shape index (κ2) is 8.05. The molecule has 0 saturated carbocycles. The number of likely N-dealkylation sites (tertiary alicyclic amines) is 1. The smallest absolute Gasteiger partial charge is 0.406 e. The largest absolute Gasteiger partial charge is 0.573 e. The van der Waals surface area contributed by atoms with Gasteiger partial charge in [0.15, 0.2) is 0 Å². The van der Waals surface area contributed by atoms with Gasteiger partial charge in [-0.25, -0.2) is 9.29 Å². The normalized spacial score (nSPS) is 17.5. The third-order valence-corrected chi connectivity index (χ3v) is 5.19. The van der Waals surface area contributed by atoms with E-state index in [1.165, 1.54) is 36.4 Å². The zero-order valence-corrected chi connectivity index (χ0v) is 16.3. The van der Waals surface area contributed by atoms with E-state index in [0.717, 1.165) is 36.3 Å². The number of rotatable bonds is 4. The number of imide groups is 1. The molecule has 162 valence electrons. The maximum Gasteiger partial charge on any atom is 0.573 e. The monoisotopic (exact) mass is 434 g/mol. The van der Waals surface area contributed by atoms with Crippen LogP contribution >= 0.6 is 0 Å². The van der Waals surface area contributed by atoms with Gasteiger partial charge in [-0.3, -0.25) is 9.59 Å². The Balaban J connectivity index is 1.71. The van der Waals surface area contributed by atoms with Crippen molar-refractivity contribution in [1.82, 2.24) is 4.90 Å². The van der Waals surface area contributed by atoms with Crippen LogP contribution in [0.25, 0.3) is 5.57 Å². The third-order valence-electron chi connectivity index (χ3n) is 5.19. The van der Waals surface area contributed by atoms with Crippen LogP contribution in [0.4, 0.5) is 23.2 Å². The van der Waals surface area contributed by atoms with Gasteiger partial charge in [-0.2, -0.15) is 0 Å². The van der Waals surface area contributed by atoms with E-state index in [4.69, 9.17) is 0 Å². The Kier molecular flexibility index (Phi) is 5.43. The maximum absolute atomic E-state index is 13.4. The van der Waals surface area contributed by atoms with E-state index in [2.05, 4.69) is 4.74 Å². The molecule has 0 spiro atoms. The molecule has 1 fully saturated rings. The Morgan fingerprint density at radius 3 is 2.00 bits per heavy atom. The standard InChI is InChI=1S/C22H18F4N2O3/c23-15-6-4-14(5-7-15)18-19(27-12-2-1-3-13-27)21(30)28(20(18)29)16-8-10-17(11-9-16)31-22(24,25)26/h4-11H,1-3,12-13H2. The van der Waals surface area contributed by atoms with Crippen molar-refractivity contribution in [3.63, 3.8) is 0 Å². The van der Waals surface area contributed by atoms with Gasteiger partial charge in [0, 0.05) is 13.1 Å². The molecule has 5 nitrogen and oxygen atoms in total. The summed E-state index contributed by atoms with van der Waals surface area (Å²) in [6.07, 6.45) is -2.10. The molecule has 0 aliphatic carbocycles. The van der Waals surface area contributed by atoms with Crippen LogP contribution in [0.3, 0.4) is 0 Å². The molecule has 9 heteroatoms. The Morgan fingerprint density at radius 2 is 1.42 bits per heavy atom. The summed E-state index contributed by atoms with van der Waals surface area (Å²) in [5, 5.41) is 0. The second-order valence-electron chi connectivity index (χ2n) is 7.27. The average molecular weight is 434 g/mol. The number of hydrogen-bond donors (Lipinski definition) is 0. The van der Waals surface area contributed by atoms with Crippen LogP contribution in [0.15, 0.2) is 54.2 Å². The molecule has 31 heavy (non-hydrogen) atoms. The molecule has 0 N–H and O–H groups in total. The van der Waals surface area contributed by atoms with Gasteiger partial charge >= 0.3 is 6.36 Å². The number of carbonyl (C=O) groups excluding carboxylic acids is 2. The Hall–Kier alpha value is -3.36. The van der Waals surface area contributed by atoms with Gasteiger partial charge in [0.05, 0.1) is 11.3 Å². The first-order valence-corrected chi connectivity index (χ1v) is 9.74. The Labute approximate surface area is 175 Å². The zero-order chi connectivity index (χ0) is 22.2. The quantitative estimate of drug-likeness (QED) is 0.526. The molecule has 4 rings (SSSR count). The molecular formula is C22H18F4N2O3. The first-order valence-electron chi connectivity index (χ1n) is 9.74. The Morgan fingerprint density at radius 1 is 0.806 bits per heavy atom. The predicted molar refractivity (Wildman–Crippen MR) is 104 cm³/mol. The molecule has 2 aromatic carbocycles. The fourth-order valence-corrected chi connectivity index (χ4v) is 3.84. The number of carbonyl (C=O) groups is 2.